The first-order chi connectivity index (χ1) is 5.59. The third-order valence-electron chi connectivity index (χ3n) is 1.51. The Balaban J connectivity index is 2.71. The average molecular weight is 167 g/mol. The van der Waals surface area contributed by atoms with E-state index in [1.807, 2.05) is 0 Å². The van der Waals surface area contributed by atoms with Crippen molar-refractivity contribution in [3.8, 4) is 0 Å². The molecule has 0 bridgehead atoms. The molecule has 12 heavy (non-hydrogen) atoms. The van der Waals surface area contributed by atoms with Crippen molar-refractivity contribution in [2.24, 2.45) is 11.7 Å². The van der Waals surface area contributed by atoms with Gasteiger partial charge in [0.05, 0.1) is 5.69 Å². The summed E-state index contributed by atoms with van der Waals surface area (Å²) >= 11 is 0. The highest BCUT2D eigenvalue weighted by Gasteiger charge is 2.06. The minimum atomic E-state index is -0.461. The van der Waals surface area contributed by atoms with Crippen LogP contribution in [0.5, 0.6) is 0 Å². The van der Waals surface area contributed by atoms with Crippen LogP contribution in [0.3, 0.4) is 0 Å². The smallest absolute Gasteiger partial charge is 0.266 e. The van der Waals surface area contributed by atoms with Crippen LogP contribution < -0.4 is 5.73 Å². The summed E-state index contributed by atoms with van der Waals surface area (Å²) in [6.45, 7) is 4.19. The molecule has 1 amide bonds. The molecule has 0 unspecified atom stereocenters. The summed E-state index contributed by atoms with van der Waals surface area (Å²) in [5.41, 5.74) is 6.32. The highest BCUT2D eigenvalue weighted by Crippen LogP contribution is 2.05. The number of rotatable bonds is 3. The second-order valence-electron chi connectivity index (χ2n) is 3.24. The number of nitrogens with one attached hydrogen (secondary N) is 1. The van der Waals surface area contributed by atoms with Crippen molar-refractivity contribution in [1.82, 2.24) is 10.2 Å². The van der Waals surface area contributed by atoms with Crippen LogP contribution in [0.15, 0.2) is 6.07 Å². The van der Waals surface area contributed by atoms with Crippen LogP contribution in [0.25, 0.3) is 0 Å². The molecule has 0 aliphatic heterocycles. The average Bonchev–Trinajstić information content (AvgIpc) is 2.34. The van der Waals surface area contributed by atoms with E-state index in [4.69, 9.17) is 5.73 Å². The zero-order chi connectivity index (χ0) is 9.14. The summed E-state index contributed by atoms with van der Waals surface area (Å²) in [6, 6.07) is 1.70. The third-order valence-corrected chi connectivity index (χ3v) is 1.51. The zero-order valence-corrected chi connectivity index (χ0v) is 7.29. The molecule has 0 fully saturated rings. The van der Waals surface area contributed by atoms with Gasteiger partial charge in [-0.2, -0.15) is 5.10 Å². The first-order valence-corrected chi connectivity index (χ1v) is 3.93. The molecule has 1 aromatic heterocycles. The second-order valence-corrected chi connectivity index (χ2v) is 3.24. The maximum atomic E-state index is 10.7. The Labute approximate surface area is 71.2 Å². The number of aromatic amines is 1. The molecular formula is C8H13N3O. The van der Waals surface area contributed by atoms with E-state index < -0.39 is 5.91 Å². The molecule has 0 saturated carbocycles. The number of carbonyl (C=O) groups is 1. The number of carbonyl (C=O) groups excluding carboxylic acids is 1. The van der Waals surface area contributed by atoms with Crippen LogP contribution in [0.1, 0.15) is 30.0 Å². The second kappa shape index (κ2) is 3.38. The predicted octanol–water partition coefficient (Wildman–Crippen LogP) is 0.707. The first kappa shape index (κ1) is 8.77. The third kappa shape index (κ3) is 2.08. The van der Waals surface area contributed by atoms with E-state index in [0.717, 1.165) is 12.1 Å². The van der Waals surface area contributed by atoms with Crippen molar-refractivity contribution >= 4 is 5.91 Å². The van der Waals surface area contributed by atoms with Crippen molar-refractivity contribution < 1.29 is 4.79 Å². The maximum absolute atomic E-state index is 10.7. The number of nitrogens with zero attached hydrogens (tertiary/aromatic N) is 1. The molecule has 1 rings (SSSR count). The molecule has 1 aromatic rings. The summed E-state index contributed by atoms with van der Waals surface area (Å²) in [5.74, 6) is 0.0755. The highest BCUT2D eigenvalue weighted by atomic mass is 16.1. The summed E-state index contributed by atoms with van der Waals surface area (Å²) in [6.07, 6.45) is 0.865. The fraction of sp³-hybridized carbons (Fsp3) is 0.500. The maximum Gasteiger partial charge on any atom is 0.266 e. The van der Waals surface area contributed by atoms with Crippen LogP contribution in [-0.4, -0.2) is 16.1 Å². The molecule has 0 atom stereocenters. The van der Waals surface area contributed by atoms with E-state index in [1.54, 1.807) is 6.07 Å². The highest BCUT2D eigenvalue weighted by molar-refractivity contribution is 5.90. The Hall–Kier alpha value is -1.32. The molecule has 0 aliphatic rings. The van der Waals surface area contributed by atoms with Crippen molar-refractivity contribution in [2.45, 2.75) is 20.3 Å². The molecule has 3 N–H and O–H groups in total. The van der Waals surface area contributed by atoms with Gasteiger partial charge in [-0.25, -0.2) is 0 Å². The van der Waals surface area contributed by atoms with Crippen molar-refractivity contribution in [3.63, 3.8) is 0 Å². The van der Waals surface area contributed by atoms with Gasteiger partial charge >= 0.3 is 0 Å². The van der Waals surface area contributed by atoms with Crippen LogP contribution in [0, 0.1) is 5.92 Å². The molecular weight excluding hydrogens is 154 g/mol. The van der Waals surface area contributed by atoms with Gasteiger partial charge in [-0.1, -0.05) is 13.8 Å². The Morgan fingerprint density at radius 2 is 2.42 bits per heavy atom. The van der Waals surface area contributed by atoms with Crippen LogP contribution in [0.2, 0.25) is 0 Å². The largest absolute Gasteiger partial charge is 0.364 e. The topological polar surface area (TPSA) is 71.8 Å². The predicted molar refractivity (Wildman–Crippen MR) is 45.6 cm³/mol. The van der Waals surface area contributed by atoms with Gasteiger partial charge < -0.3 is 5.73 Å². The number of hydrogen-bond donors (Lipinski definition) is 2. The fourth-order valence-corrected chi connectivity index (χ4v) is 1.01. The minimum Gasteiger partial charge on any atom is -0.364 e. The van der Waals surface area contributed by atoms with E-state index in [0.29, 0.717) is 11.6 Å². The summed E-state index contributed by atoms with van der Waals surface area (Å²) in [4.78, 5) is 10.7. The van der Waals surface area contributed by atoms with Gasteiger partial charge in [0, 0.05) is 0 Å². The molecule has 66 valence electrons. The van der Waals surface area contributed by atoms with Gasteiger partial charge in [-0.3, -0.25) is 9.89 Å². The Morgan fingerprint density at radius 3 is 2.83 bits per heavy atom. The van der Waals surface area contributed by atoms with E-state index in [1.165, 1.54) is 0 Å². The normalized spacial score (nSPS) is 10.6. The Bertz CT molecular complexity index is 278. The van der Waals surface area contributed by atoms with Gasteiger partial charge in [-0.05, 0) is 18.4 Å². The molecule has 4 heteroatoms. The minimum absolute atomic E-state index is 0.380. The number of aromatic nitrogens is 2. The van der Waals surface area contributed by atoms with Crippen LogP contribution in [0.4, 0.5) is 0 Å². The molecule has 0 saturated heterocycles. The van der Waals surface area contributed by atoms with Gasteiger partial charge in [0.2, 0.25) is 0 Å². The lowest BCUT2D eigenvalue weighted by Gasteiger charge is -1.97. The van der Waals surface area contributed by atoms with E-state index in [-0.39, 0.29) is 0 Å². The van der Waals surface area contributed by atoms with E-state index in [9.17, 15) is 4.79 Å². The fourth-order valence-electron chi connectivity index (χ4n) is 1.01. The lowest BCUT2D eigenvalue weighted by Crippen LogP contribution is -2.11. The Morgan fingerprint density at radius 1 is 1.75 bits per heavy atom. The summed E-state index contributed by atoms with van der Waals surface area (Å²) < 4.78 is 0. The number of amides is 1. The Kier molecular flexibility index (Phi) is 2.47. The zero-order valence-electron chi connectivity index (χ0n) is 7.29. The van der Waals surface area contributed by atoms with Gasteiger partial charge in [0.25, 0.3) is 5.91 Å². The molecule has 1 heterocycles. The monoisotopic (exact) mass is 167 g/mol. The van der Waals surface area contributed by atoms with Gasteiger partial charge in [0.1, 0.15) is 5.69 Å². The van der Waals surface area contributed by atoms with Crippen molar-refractivity contribution in [1.29, 1.82) is 0 Å². The number of hydrogen-bond acceptors (Lipinski definition) is 2. The first-order valence-electron chi connectivity index (χ1n) is 3.93. The number of H-pyrrole nitrogens is 1. The number of primary amides is 1. The molecule has 0 aromatic carbocycles. The SMILES string of the molecule is CC(C)Cc1cc(C(N)=O)[nH]n1. The van der Waals surface area contributed by atoms with E-state index in [2.05, 4.69) is 24.0 Å². The molecule has 4 nitrogen and oxygen atoms in total. The quantitative estimate of drug-likeness (QED) is 0.695. The van der Waals surface area contributed by atoms with Gasteiger partial charge in [-0.15, -0.1) is 0 Å². The standard InChI is InChI=1S/C8H13N3O/c1-5(2)3-6-4-7(8(9)12)11-10-6/h4-5H,3H2,1-2H3,(H2,9,12)(H,10,11). The molecule has 0 radical (unpaired) electrons. The van der Waals surface area contributed by atoms with Crippen molar-refractivity contribution in [2.75, 3.05) is 0 Å². The summed E-state index contributed by atoms with van der Waals surface area (Å²) in [7, 11) is 0. The lowest BCUT2D eigenvalue weighted by molar-refractivity contribution is 0.0995. The van der Waals surface area contributed by atoms with Gasteiger partial charge in [0.15, 0.2) is 0 Å². The van der Waals surface area contributed by atoms with Crippen molar-refractivity contribution in [3.05, 3.63) is 17.5 Å². The molecule has 0 spiro atoms. The van der Waals surface area contributed by atoms with Crippen LogP contribution >= 0.6 is 0 Å². The molecule has 0 aliphatic carbocycles. The lowest BCUT2D eigenvalue weighted by atomic mass is 10.1. The van der Waals surface area contributed by atoms with Crippen LogP contribution in [-0.2, 0) is 6.42 Å². The van der Waals surface area contributed by atoms with E-state index >= 15 is 0 Å². The number of nitrogens with two attached hydrogens (primary N) is 1. The summed E-state index contributed by atoms with van der Waals surface area (Å²) in [5, 5.41) is 6.54.